The molecule has 1 aromatic heterocycles. The van der Waals surface area contributed by atoms with Crippen molar-refractivity contribution in [3.8, 4) is 16.9 Å². The lowest BCUT2D eigenvalue weighted by molar-refractivity contribution is 0.112. The van der Waals surface area contributed by atoms with Crippen molar-refractivity contribution < 1.29 is 9.53 Å². The number of aldehydes is 1. The molecule has 1 heterocycles. The summed E-state index contributed by atoms with van der Waals surface area (Å²) in [7, 11) is 1.65. The Morgan fingerprint density at radius 2 is 1.95 bits per heavy atom. The van der Waals surface area contributed by atoms with Crippen molar-refractivity contribution in [1.82, 2.24) is 4.98 Å². The number of fused-ring (bicyclic) bond motifs is 1. The zero-order chi connectivity index (χ0) is 13.9. The normalized spacial score (nSPS) is 10.4. The van der Waals surface area contributed by atoms with Crippen LogP contribution in [0.1, 0.15) is 10.4 Å². The maximum Gasteiger partial charge on any atom is 0.150 e. The van der Waals surface area contributed by atoms with Gasteiger partial charge in [0, 0.05) is 28.3 Å². The molecule has 0 aliphatic carbocycles. The van der Waals surface area contributed by atoms with Gasteiger partial charge in [-0.2, -0.15) is 0 Å². The van der Waals surface area contributed by atoms with Crippen LogP contribution in [0, 0.1) is 0 Å². The van der Waals surface area contributed by atoms with Gasteiger partial charge in [-0.05, 0) is 30.3 Å². The predicted octanol–water partition coefficient (Wildman–Crippen LogP) is 3.72. The summed E-state index contributed by atoms with van der Waals surface area (Å²) in [5.41, 5.74) is 3.48. The van der Waals surface area contributed by atoms with Crippen LogP contribution in [0.2, 0.25) is 0 Å². The number of hydrogen-bond acceptors (Lipinski definition) is 3. The molecule has 0 N–H and O–H groups in total. The summed E-state index contributed by atoms with van der Waals surface area (Å²) >= 11 is 0. The van der Waals surface area contributed by atoms with Crippen LogP contribution in [-0.4, -0.2) is 18.4 Å². The molecule has 20 heavy (non-hydrogen) atoms. The van der Waals surface area contributed by atoms with E-state index in [1.165, 1.54) is 0 Å². The molecule has 0 radical (unpaired) electrons. The monoisotopic (exact) mass is 263 g/mol. The number of rotatable bonds is 3. The molecule has 3 aromatic rings. The predicted molar refractivity (Wildman–Crippen MR) is 79.1 cm³/mol. The molecular formula is C17H13NO2. The van der Waals surface area contributed by atoms with E-state index in [0.717, 1.165) is 34.1 Å². The lowest BCUT2D eigenvalue weighted by atomic mass is 10.0. The van der Waals surface area contributed by atoms with Crippen LogP contribution in [0.25, 0.3) is 22.0 Å². The third-order valence-corrected chi connectivity index (χ3v) is 3.26. The number of carbonyl (C=O) groups excluding carboxylic acids is 1. The SMILES string of the molecule is COc1ccccc1-c1cnc2ccc(C=O)cc2c1. The van der Waals surface area contributed by atoms with E-state index in [1.54, 1.807) is 13.2 Å². The molecule has 0 unspecified atom stereocenters. The number of hydrogen-bond donors (Lipinski definition) is 0. The van der Waals surface area contributed by atoms with E-state index in [2.05, 4.69) is 4.98 Å². The second-order valence-corrected chi connectivity index (χ2v) is 4.49. The van der Waals surface area contributed by atoms with Gasteiger partial charge in [0.05, 0.1) is 12.6 Å². The summed E-state index contributed by atoms with van der Waals surface area (Å²) in [6.07, 6.45) is 2.66. The van der Waals surface area contributed by atoms with Crippen LogP contribution in [0.3, 0.4) is 0 Å². The quantitative estimate of drug-likeness (QED) is 0.676. The number of para-hydroxylation sites is 1. The highest BCUT2D eigenvalue weighted by molar-refractivity contribution is 5.89. The lowest BCUT2D eigenvalue weighted by Gasteiger charge is -2.09. The third kappa shape index (κ3) is 2.14. The van der Waals surface area contributed by atoms with Gasteiger partial charge in [-0.3, -0.25) is 9.78 Å². The fourth-order valence-corrected chi connectivity index (χ4v) is 2.25. The van der Waals surface area contributed by atoms with E-state index in [0.29, 0.717) is 5.56 Å². The molecule has 0 bridgehead atoms. The highest BCUT2D eigenvalue weighted by Gasteiger charge is 2.06. The van der Waals surface area contributed by atoms with Crippen molar-refractivity contribution >= 4 is 17.2 Å². The van der Waals surface area contributed by atoms with Crippen molar-refractivity contribution in [2.75, 3.05) is 7.11 Å². The minimum absolute atomic E-state index is 0.650. The van der Waals surface area contributed by atoms with E-state index >= 15 is 0 Å². The molecule has 0 aliphatic rings. The van der Waals surface area contributed by atoms with Crippen molar-refractivity contribution in [3.63, 3.8) is 0 Å². The van der Waals surface area contributed by atoms with E-state index in [1.807, 2.05) is 48.7 Å². The number of pyridine rings is 1. The highest BCUT2D eigenvalue weighted by Crippen LogP contribution is 2.30. The fourth-order valence-electron chi connectivity index (χ4n) is 2.25. The van der Waals surface area contributed by atoms with E-state index in [4.69, 9.17) is 4.74 Å². The first-order chi connectivity index (χ1) is 9.81. The highest BCUT2D eigenvalue weighted by atomic mass is 16.5. The molecule has 0 saturated heterocycles. The first-order valence-corrected chi connectivity index (χ1v) is 6.30. The topological polar surface area (TPSA) is 39.2 Å². The Morgan fingerprint density at radius 1 is 1.10 bits per heavy atom. The van der Waals surface area contributed by atoms with Gasteiger partial charge in [-0.1, -0.05) is 18.2 Å². The molecule has 0 spiro atoms. The maximum absolute atomic E-state index is 10.9. The first kappa shape index (κ1) is 12.4. The molecule has 98 valence electrons. The Morgan fingerprint density at radius 3 is 2.75 bits per heavy atom. The van der Waals surface area contributed by atoms with Crippen LogP contribution in [0.5, 0.6) is 5.75 Å². The van der Waals surface area contributed by atoms with Gasteiger partial charge in [0.25, 0.3) is 0 Å². The molecule has 3 nitrogen and oxygen atoms in total. The molecule has 0 atom stereocenters. The van der Waals surface area contributed by atoms with Crippen LogP contribution in [0.4, 0.5) is 0 Å². The molecule has 3 rings (SSSR count). The molecule has 0 amide bonds. The van der Waals surface area contributed by atoms with Crippen molar-refractivity contribution in [3.05, 3.63) is 60.3 Å². The number of ether oxygens (including phenoxy) is 1. The van der Waals surface area contributed by atoms with Crippen LogP contribution < -0.4 is 4.74 Å². The van der Waals surface area contributed by atoms with Crippen molar-refractivity contribution in [1.29, 1.82) is 0 Å². The number of nitrogens with zero attached hydrogens (tertiary/aromatic N) is 1. The van der Waals surface area contributed by atoms with Gasteiger partial charge in [0.1, 0.15) is 12.0 Å². The summed E-state index contributed by atoms with van der Waals surface area (Å²) in [6.45, 7) is 0. The average Bonchev–Trinajstić information content (AvgIpc) is 2.53. The fraction of sp³-hybridized carbons (Fsp3) is 0.0588. The van der Waals surface area contributed by atoms with Gasteiger partial charge in [-0.25, -0.2) is 0 Å². The summed E-state index contributed by atoms with van der Waals surface area (Å²) in [5, 5.41) is 0.943. The minimum atomic E-state index is 0.650. The summed E-state index contributed by atoms with van der Waals surface area (Å²) in [5.74, 6) is 0.806. The number of carbonyl (C=O) groups is 1. The minimum Gasteiger partial charge on any atom is -0.496 e. The van der Waals surface area contributed by atoms with Gasteiger partial charge < -0.3 is 4.74 Å². The number of aromatic nitrogens is 1. The largest absolute Gasteiger partial charge is 0.496 e. The van der Waals surface area contributed by atoms with E-state index < -0.39 is 0 Å². The smallest absolute Gasteiger partial charge is 0.150 e. The number of benzene rings is 2. The second-order valence-electron chi connectivity index (χ2n) is 4.49. The van der Waals surface area contributed by atoms with E-state index in [-0.39, 0.29) is 0 Å². The Bertz CT molecular complexity index is 781. The van der Waals surface area contributed by atoms with Crippen LogP contribution >= 0.6 is 0 Å². The lowest BCUT2D eigenvalue weighted by Crippen LogP contribution is -1.89. The Kier molecular flexibility index (Phi) is 3.17. The molecule has 0 aliphatic heterocycles. The summed E-state index contributed by atoms with van der Waals surface area (Å²) in [6, 6.07) is 15.3. The average molecular weight is 263 g/mol. The molecule has 2 aromatic carbocycles. The van der Waals surface area contributed by atoms with Crippen LogP contribution in [-0.2, 0) is 0 Å². The Labute approximate surface area is 116 Å². The zero-order valence-corrected chi connectivity index (χ0v) is 11.0. The second kappa shape index (κ2) is 5.13. The Hall–Kier alpha value is -2.68. The van der Waals surface area contributed by atoms with Crippen molar-refractivity contribution in [2.45, 2.75) is 0 Å². The molecule has 0 fully saturated rings. The summed E-state index contributed by atoms with van der Waals surface area (Å²) in [4.78, 5) is 15.3. The first-order valence-electron chi connectivity index (χ1n) is 6.30. The van der Waals surface area contributed by atoms with Crippen molar-refractivity contribution in [2.24, 2.45) is 0 Å². The Balaban J connectivity index is 2.19. The standard InChI is InChI=1S/C17H13NO2/c1-20-17-5-3-2-4-15(17)14-9-13-8-12(11-19)6-7-16(13)18-10-14/h2-11H,1H3. The third-order valence-electron chi connectivity index (χ3n) is 3.26. The van der Waals surface area contributed by atoms with Gasteiger partial charge in [0.2, 0.25) is 0 Å². The molecule has 3 heteroatoms. The van der Waals surface area contributed by atoms with E-state index in [9.17, 15) is 4.79 Å². The van der Waals surface area contributed by atoms with Gasteiger partial charge in [0.15, 0.2) is 0 Å². The molecular weight excluding hydrogens is 250 g/mol. The maximum atomic E-state index is 10.9. The molecule has 0 saturated carbocycles. The van der Waals surface area contributed by atoms with Crippen LogP contribution in [0.15, 0.2) is 54.7 Å². The number of methoxy groups -OCH3 is 1. The van der Waals surface area contributed by atoms with Gasteiger partial charge >= 0.3 is 0 Å². The van der Waals surface area contributed by atoms with Gasteiger partial charge in [-0.15, -0.1) is 0 Å². The summed E-state index contributed by atoms with van der Waals surface area (Å²) < 4.78 is 5.37. The zero-order valence-electron chi connectivity index (χ0n) is 11.0.